The van der Waals surface area contributed by atoms with Crippen LogP contribution in [0.2, 0.25) is 19.6 Å². The molecule has 1 nitrogen and oxygen atoms in total. The fourth-order valence-electron chi connectivity index (χ4n) is 1.68. The second kappa shape index (κ2) is 4.03. The molecule has 2 atom stereocenters. The molecule has 0 aliphatic heterocycles. The van der Waals surface area contributed by atoms with Gasteiger partial charge in [0, 0.05) is 12.0 Å². The van der Waals surface area contributed by atoms with Crippen molar-refractivity contribution < 1.29 is 0 Å². The van der Waals surface area contributed by atoms with E-state index < -0.39 is 8.07 Å². The Bertz CT molecular complexity index is 258. The molecule has 0 saturated heterocycles. The summed E-state index contributed by atoms with van der Waals surface area (Å²) >= 11 is 0. The van der Waals surface area contributed by atoms with Crippen LogP contribution in [0.4, 0.5) is 0 Å². The van der Waals surface area contributed by atoms with Gasteiger partial charge < -0.3 is 4.90 Å². The summed E-state index contributed by atoms with van der Waals surface area (Å²) in [5, 5.41) is 1.61. The van der Waals surface area contributed by atoms with E-state index in [2.05, 4.69) is 63.8 Å². The number of nitrogens with zero attached hydrogens (tertiary/aromatic N) is 1. The Morgan fingerprint density at radius 3 is 2.21 bits per heavy atom. The average molecular weight is 209 g/mol. The molecule has 0 bridgehead atoms. The minimum atomic E-state index is -1.09. The van der Waals surface area contributed by atoms with E-state index in [1.54, 1.807) is 5.20 Å². The van der Waals surface area contributed by atoms with Gasteiger partial charge >= 0.3 is 0 Å². The number of hydrogen-bond donors (Lipinski definition) is 0. The van der Waals surface area contributed by atoms with Crippen molar-refractivity contribution in [2.24, 2.45) is 5.92 Å². The molecule has 1 aliphatic rings. The van der Waals surface area contributed by atoms with Crippen LogP contribution in [0.25, 0.3) is 0 Å². The van der Waals surface area contributed by atoms with Gasteiger partial charge in [0.2, 0.25) is 0 Å². The van der Waals surface area contributed by atoms with Crippen molar-refractivity contribution in [1.82, 2.24) is 4.90 Å². The van der Waals surface area contributed by atoms with Crippen molar-refractivity contribution in [1.29, 1.82) is 0 Å². The maximum Gasteiger partial charge on any atom is 0.0771 e. The predicted octanol–water partition coefficient (Wildman–Crippen LogP) is 2.93. The van der Waals surface area contributed by atoms with Gasteiger partial charge in [0.1, 0.15) is 0 Å². The lowest BCUT2D eigenvalue weighted by atomic mass is 10.0. The Morgan fingerprint density at radius 2 is 1.86 bits per heavy atom. The molecule has 1 aliphatic carbocycles. The SMILES string of the molecule is C[C@H](C1C=CC([Si](C)(C)C)=C1)N(C)C. The highest BCUT2D eigenvalue weighted by Crippen LogP contribution is 2.27. The topological polar surface area (TPSA) is 3.24 Å². The molecule has 1 unspecified atom stereocenters. The summed E-state index contributed by atoms with van der Waals surface area (Å²) in [6.07, 6.45) is 7.17. The van der Waals surface area contributed by atoms with E-state index in [0.717, 1.165) is 0 Å². The molecule has 0 aromatic heterocycles. The van der Waals surface area contributed by atoms with Crippen molar-refractivity contribution in [2.45, 2.75) is 32.6 Å². The lowest BCUT2D eigenvalue weighted by Crippen LogP contribution is -2.30. The van der Waals surface area contributed by atoms with Gasteiger partial charge in [-0.3, -0.25) is 0 Å². The Labute approximate surface area is 89.5 Å². The zero-order chi connectivity index (χ0) is 10.9. The fourth-order valence-corrected chi connectivity index (χ4v) is 2.97. The maximum absolute atomic E-state index is 2.47. The average Bonchev–Trinajstić information content (AvgIpc) is 2.49. The van der Waals surface area contributed by atoms with Gasteiger partial charge in [0.05, 0.1) is 8.07 Å². The summed E-state index contributed by atoms with van der Waals surface area (Å²) in [7, 11) is 3.21. The van der Waals surface area contributed by atoms with Crippen LogP contribution in [0.15, 0.2) is 23.4 Å². The van der Waals surface area contributed by atoms with Crippen LogP contribution in [-0.4, -0.2) is 33.1 Å². The number of hydrogen-bond acceptors (Lipinski definition) is 1. The van der Waals surface area contributed by atoms with Gasteiger partial charge in [-0.2, -0.15) is 0 Å². The van der Waals surface area contributed by atoms with Crippen LogP contribution < -0.4 is 0 Å². The molecule has 0 N–H and O–H groups in total. The highest BCUT2D eigenvalue weighted by Gasteiger charge is 2.24. The molecule has 0 heterocycles. The second-order valence-electron chi connectivity index (χ2n) is 5.51. The highest BCUT2D eigenvalue weighted by atomic mass is 28.3. The van der Waals surface area contributed by atoms with E-state index >= 15 is 0 Å². The van der Waals surface area contributed by atoms with Crippen molar-refractivity contribution >= 4 is 8.07 Å². The number of rotatable bonds is 3. The van der Waals surface area contributed by atoms with Crippen LogP contribution in [-0.2, 0) is 0 Å². The molecule has 80 valence electrons. The third-order valence-corrected chi connectivity index (χ3v) is 5.17. The molecule has 1 rings (SSSR count). The van der Waals surface area contributed by atoms with Crippen molar-refractivity contribution in [2.75, 3.05) is 14.1 Å². The molecule has 2 heteroatoms. The van der Waals surface area contributed by atoms with E-state index in [1.807, 2.05) is 0 Å². The van der Waals surface area contributed by atoms with E-state index in [4.69, 9.17) is 0 Å². The molecule has 0 saturated carbocycles. The van der Waals surface area contributed by atoms with Gasteiger partial charge in [-0.25, -0.2) is 0 Å². The lowest BCUT2D eigenvalue weighted by Gasteiger charge is -2.24. The summed E-state index contributed by atoms with van der Waals surface area (Å²) in [6, 6.07) is 0.611. The third-order valence-electron chi connectivity index (χ3n) is 3.11. The second-order valence-corrected chi connectivity index (χ2v) is 10.6. The smallest absolute Gasteiger partial charge is 0.0771 e. The zero-order valence-corrected chi connectivity index (χ0v) is 11.3. The molecule has 0 fully saturated rings. The third kappa shape index (κ3) is 2.58. The van der Waals surface area contributed by atoms with Crippen molar-refractivity contribution in [3.63, 3.8) is 0 Å². The summed E-state index contributed by atoms with van der Waals surface area (Å²) in [6.45, 7) is 9.52. The van der Waals surface area contributed by atoms with Gasteiger partial charge in [-0.15, -0.1) is 0 Å². The number of allylic oxidation sites excluding steroid dienone is 2. The van der Waals surface area contributed by atoms with Crippen LogP contribution in [0.3, 0.4) is 0 Å². The van der Waals surface area contributed by atoms with E-state index in [0.29, 0.717) is 12.0 Å². The summed E-state index contributed by atoms with van der Waals surface area (Å²) in [4.78, 5) is 2.29. The highest BCUT2D eigenvalue weighted by molar-refractivity contribution is 6.83. The molecule has 14 heavy (non-hydrogen) atoms. The first-order valence-electron chi connectivity index (χ1n) is 5.39. The van der Waals surface area contributed by atoms with Gasteiger partial charge in [-0.05, 0) is 21.0 Å². The summed E-state index contributed by atoms with van der Waals surface area (Å²) in [5.74, 6) is 0.617. The van der Waals surface area contributed by atoms with Crippen molar-refractivity contribution in [3.8, 4) is 0 Å². The quantitative estimate of drug-likeness (QED) is 0.646. The first-order chi connectivity index (χ1) is 6.32. The van der Waals surface area contributed by atoms with Crippen LogP contribution in [0.1, 0.15) is 6.92 Å². The zero-order valence-electron chi connectivity index (χ0n) is 10.3. The van der Waals surface area contributed by atoms with Gasteiger partial charge in [0.15, 0.2) is 0 Å². The molecule has 0 radical (unpaired) electrons. The van der Waals surface area contributed by atoms with Gasteiger partial charge in [0.25, 0.3) is 0 Å². The summed E-state index contributed by atoms with van der Waals surface area (Å²) < 4.78 is 0. The molecule has 0 aromatic rings. The maximum atomic E-state index is 2.47. The van der Waals surface area contributed by atoms with Gasteiger partial charge in [-0.1, -0.05) is 43.1 Å². The summed E-state index contributed by atoms with van der Waals surface area (Å²) in [5.41, 5.74) is 0. The van der Waals surface area contributed by atoms with Crippen LogP contribution >= 0.6 is 0 Å². The van der Waals surface area contributed by atoms with E-state index in [-0.39, 0.29) is 0 Å². The molecule has 0 spiro atoms. The lowest BCUT2D eigenvalue weighted by molar-refractivity contribution is 0.283. The standard InChI is InChI=1S/C12H23NSi/c1-10(13(2)3)11-7-8-12(9-11)14(4,5)6/h7-11H,1-6H3/t10-,11?/m1/s1. The first kappa shape index (κ1) is 11.7. The Hall–Kier alpha value is -0.343. The first-order valence-corrected chi connectivity index (χ1v) is 8.89. The predicted molar refractivity (Wildman–Crippen MR) is 67.2 cm³/mol. The van der Waals surface area contributed by atoms with Crippen LogP contribution in [0, 0.1) is 5.92 Å². The fraction of sp³-hybridized carbons (Fsp3) is 0.667. The molecule has 0 aromatic carbocycles. The minimum Gasteiger partial charge on any atom is -0.306 e. The Balaban J connectivity index is 2.74. The van der Waals surface area contributed by atoms with E-state index in [1.165, 1.54) is 0 Å². The Morgan fingerprint density at radius 1 is 1.29 bits per heavy atom. The molecular weight excluding hydrogens is 186 g/mol. The largest absolute Gasteiger partial charge is 0.306 e. The molecule has 0 amide bonds. The molecular formula is C12H23NSi. The van der Waals surface area contributed by atoms with Crippen molar-refractivity contribution in [3.05, 3.63) is 23.4 Å². The normalized spacial score (nSPS) is 24.2. The Kier molecular flexibility index (Phi) is 3.38. The monoisotopic (exact) mass is 209 g/mol. The minimum absolute atomic E-state index is 0.611. The van der Waals surface area contributed by atoms with Crippen LogP contribution in [0.5, 0.6) is 0 Å². The van der Waals surface area contributed by atoms with E-state index in [9.17, 15) is 0 Å².